The first-order valence-electron chi connectivity index (χ1n) is 7.00. The molecular formula is C16H13BrN3O5-. The molecule has 0 aliphatic heterocycles. The third-order valence-corrected chi connectivity index (χ3v) is 3.68. The van der Waals surface area contributed by atoms with Gasteiger partial charge in [-0.2, -0.15) is 5.10 Å². The molecule has 0 aliphatic rings. The summed E-state index contributed by atoms with van der Waals surface area (Å²) in [5.74, 6) is -1.33. The molecule has 0 radical (unpaired) electrons. The number of nitrogens with zero attached hydrogens (tertiary/aromatic N) is 2. The zero-order chi connectivity index (χ0) is 18.4. The summed E-state index contributed by atoms with van der Waals surface area (Å²) in [6.07, 6.45) is 1.34. The molecule has 25 heavy (non-hydrogen) atoms. The molecule has 8 nitrogen and oxygen atoms in total. The van der Waals surface area contributed by atoms with Crippen LogP contribution in [-0.2, 0) is 11.2 Å². The van der Waals surface area contributed by atoms with E-state index in [-0.39, 0.29) is 23.6 Å². The molecule has 0 saturated heterocycles. The van der Waals surface area contributed by atoms with Crippen LogP contribution in [0.1, 0.15) is 11.1 Å². The maximum absolute atomic E-state index is 11.8. The topological polar surface area (TPSA) is 117 Å². The minimum Gasteiger partial charge on any atom is -0.865 e. The lowest BCUT2D eigenvalue weighted by Crippen LogP contribution is -2.19. The second-order valence-corrected chi connectivity index (χ2v) is 5.84. The van der Waals surface area contributed by atoms with Crippen molar-refractivity contribution in [3.63, 3.8) is 0 Å². The molecule has 2 aromatic rings. The van der Waals surface area contributed by atoms with Gasteiger partial charge < -0.3 is 9.84 Å². The van der Waals surface area contributed by atoms with Crippen molar-refractivity contribution in [3.05, 3.63) is 62.1 Å². The summed E-state index contributed by atoms with van der Waals surface area (Å²) in [6, 6.07) is 9.61. The van der Waals surface area contributed by atoms with Crippen LogP contribution in [0.15, 0.2) is 46.0 Å². The number of hydrogen-bond donors (Lipinski definition) is 1. The number of hydrogen-bond acceptors (Lipinski definition) is 6. The fraction of sp³-hybridized carbons (Fsp3) is 0.125. The summed E-state index contributed by atoms with van der Waals surface area (Å²) < 4.78 is 5.73. The highest BCUT2D eigenvalue weighted by molar-refractivity contribution is 9.10. The van der Waals surface area contributed by atoms with Crippen LogP contribution in [0.3, 0.4) is 0 Å². The van der Waals surface area contributed by atoms with E-state index < -0.39 is 16.4 Å². The minimum atomic E-state index is -0.816. The molecule has 0 aliphatic carbocycles. The van der Waals surface area contributed by atoms with Crippen LogP contribution < -0.4 is 15.3 Å². The molecule has 1 N–H and O–H groups in total. The van der Waals surface area contributed by atoms with Crippen molar-refractivity contribution >= 4 is 33.7 Å². The highest BCUT2D eigenvalue weighted by Crippen LogP contribution is 2.33. The number of nitro groups is 1. The lowest BCUT2D eigenvalue weighted by Gasteiger charge is -2.12. The summed E-state index contributed by atoms with van der Waals surface area (Å²) in [7, 11) is 1.24. The highest BCUT2D eigenvalue weighted by atomic mass is 79.9. The molecule has 1 amide bonds. The van der Waals surface area contributed by atoms with Gasteiger partial charge in [-0.3, -0.25) is 14.9 Å². The first-order valence-corrected chi connectivity index (χ1v) is 7.80. The van der Waals surface area contributed by atoms with Crippen molar-refractivity contribution in [2.24, 2.45) is 5.10 Å². The van der Waals surface area contributed by atoms with E-state index in [4.69, 9.17) is 4.74 Å². The van der Waals surface area contributed by atoms with Gasteiger partial charge in [0.2, 0.25) is 5.91 Å². The number of hydrazone groups is 1. The summed E-state index contributed by atoms with van der Waals surface area (Å²) >= 11 is 3.31. The third kappa shape index (κ3) is 5.01. The molecule has 0 heterocycles. The zero-order valence-corrected chi connectivity index (χ0v) is 14.6. The van der Waals surface area contributed by atoms with Crippen LogP contribution >= 0.6 is 15.9 Å². The first kappa shape index (κ1) is 18.4. The minimum absolute atomic E-state index is 0.133. The van der Waals surface area contributed by atoms with Gasteiger partial charge in [0, 0.05) is 21.9 Å². The van der Waals surface area contributed by atoms with Gasteiger partial charge in [0.25, 0.3) is 5.69 Å². The average Bonchev–Trinajstić information content (AvgIpc) is 2.58. The molecule has 0 saturated carbocycles. The number of nitrogens with one attached hydrogen (secondary N) is 1. The van der Waals surface area contributed by atoms with E-state index >= 15 is 0 Å². The van der Waals surface area contributed by atoms with Crippen molar-refractivity contribution in [3.8, 4) is 11.5 Å². The number of nitro benzene ring substituents is 1. The number of benzene rings is 2. The van der Waals surface area contributed by atoms with Crippen LogP contribution in [0.5, 0.6) is 11.5 Å². The van der Waals surface area contributed by atoms with E-state index in [1.807, 2.05) is 12.1 Å². The molecule has 9 heteroatoms. The van der Waals surface area contributed by atoms with Gasteiger partial charge in [0.1, 0.15) is 5.75 Å². The van der Waals surface area contributed by atoms with Crippen molar-refractivity contribution in [1.29, 1.82) is 0 Å². The van der Waals surface area contributed by atoms with Crippen LogP contribution in [0.2, 0.25) is 0 Å². The van der Waals surface area contributed by atoms with Gasteiger partial charge in [-0.05, 0) is 23.8 Å². The van der Waals surface area contributed by atoms with Crippen molar-refractivity contribution in [1.82, 2.24) is 5.43 Å². The van der Waals surface area contributed by atoms with Crippen LogP contribution in [0.25, 0.3) is 0 Å². The molecule has 0 fully saturated rings. The van der Waals surface area contributed by atoms with Gasteiger partial charge >= 0.3 is 0 Å². The SMILES string of the molecule is COc1cc(/C=N\NC(=O)Cc2ccc(Br)cc2)cc([N+](=O)[O-])c1[O-]. The normalized spacial score (nSPS) is 10.6. The fourth-order valence-corrected chi connectivity index (χ4v) is 2.24. The fourth-order valence-electron chi connectivity index (χ4n) is 1.98. The van der Waals surface area contributed by atoms with Gasteiger partial charge in [0.05, 0.1) is 24.7 Å². The van der Waals surface area contributed by atoms with E-state index in [9.17, 15) is 20.0 Å². The van der Waals surface area contributed by atoms with E-state index in [1.165, 1.54) is 19.4 Å². The predicted molar refractivity (Wildman–Crippen MR) is 92.7 cm³/mol. The quantitative estimate of drug-likeness (QED) is 0.447. The lowest BCUT2D eigenvalue weighted by atomic mass is 10.1. The molecule has 0 unspecified atom stereocenters. The number of rotatable bonds is 6. The number of carbonyl (C=O) groups is 1. The van der Waals surface area contributed by atoms with Gasteiger partial charge in [0.15, 0.2) is 0 Å². The van der Waals surface area contributed by atoms with E-state index in [0.717, 1.165) is 16.1 Å². The number of methoxy groups -OCH3 is 1. The van der Waals surface area contributed by atoms with Crippen molar-refractivity contribution < 1.29 is 19.6 Å². The molecule has 0 aromatic heterocycles. The van der Waals surface area contributed by atoms with Gasteiger partial charge in [-0.15, -0.1) is 0 Å². The average molecular weight is 407 g/mol. The Labute approximate surface area is 151 Å². The van der Waals surface area contributed by atoms with Gasteiger partial charge in [-0.1, -0.05) is 28.1 Å². The number of ether oxygens (including phenoxy) is 1. The Morgan fingerprint density at radius 1 is 1.36 bits per heavy atom. The van der Waals surface area contributed by atoms with E-state index in [1.54, 1.807) is 12.1 Å². The largest absolute Gasteiger partial charge is 0.865 e. The Morgan fingerprint density at radius 2 is 2.04 bits per heavy atom. The number of halogens is 1. The predicted octanol–water partition coefficient (Wildman–Crippen LogP) is 2.13. The van der Waals surface area contributed by atoms with E-state index in [2.05, 4.69) is 26.5 Å². The summed E-state index contributed by atoms with van der Waals surface area (Å²) in [5.41, 5.74) is 2.77. The van der Waals surface area contributed by atoms with Gasteiger partial charge in [-0.25, -0.2) is 5.43 Å². The number of amides is 1. The summed E-state index contributed by atoms with van der Waals surface area (Å²) in [5, 5.41) is 26.3. The summed E-state index contributed by atoms with van der Waals surface area (Å²) in [6.45, 7) is 0. The Kier molecular flexibility index (Phi) is 6.07. The molecule has 2 aromatic carbocycles. The highest BCUT2D eigenvalue weighted by Gasteiger charge is 2.12. The lowest BCUT2D eigenvalue weighted by molar-refractivity contribution is -0.398. The van der Waals surface area contributed by atoms with E-state index in [0.29, 0.717) is 0 Å². The smallest absolute Gasteiger partial charge is 0.266 e. The Morgan fingerprint density at radius 3 is 2.64 bits per heavy atom. The number of carbonyl (C=O) groups excluding carboxylic acids is 1. The summed E-state index contributed by atoms with van der Waals surface area (Å²) in [4.78, 5) is 21.9. The Hall–Kier alpha value is -2.94. The van der Waals surface area contributed by atoms with Crippen LogP contribution in [0, 0.1) is 10.1 Å². The molecule has 0 atom stereocenters. The maximum Gasteiger partial charge on any atom is 0.266 e. The van der Waals surface area contributed by atoms with Crippen molar-refractivity contribution in [2.45, 2.75) is 6.42 Å². The molecule has 2 rings (SSSR count). The van der Waals surface area contributed by atoms with Crippen molar-refractivity contribution in [2.75, 3.05) is 7.11 Å². The monoisotopic (exact) mass is 406 g/mol. The first-order chi connectivity index (χ1) is 11.9. The third-order valence-electron chi connectivity index (χ3n) is 3.15. The molecule has 0 spiro atoms. The maximum atomic E-state index is 11.8. The van der Waals surface area contributed by atoms with Crippen LogP contribution in [0.4, 0.5) is 5.69 Å². The Bertz CT molecular complexity index is 821. The second-order valence-electron chi connectivity index (χ2n) is 4.92. The Balaban J connectivity index is 2.06. The molecular weight excluding hydrogens is 394 g/mol. The zero-order valence-electron chi connectivity index (χ0n) is 13.1. The molecule has 130 valence electrons. The second kappa shape index (κ2) is 8.25. The van der Waals surface area contributed by atoms with Crippen LogP contribution in [-0.4, -0.2) is 24.2 Å². The standard InChI is InChI=1S/C16H14BrN3O5/c1-25-14-7-11(6-13(16(14)22)20(23)24)9-18-19-15(21)8-10-2-4-12(17)5-3-10/h2-7,9,22H,8H2,1H3,(H,19,21)/p-1/b18-9-. The molecule has 0 bridgehead atoms.